The Morgan fingerprint density at radius 3 is 2.64 bits per heavy atom. The van der Waals surface area contributed by atoms with Gasteiger partial charge in [0.1, 0.15) is 5.75 Å². The Kier molecular flexibility index (Phi) is 3.33. The summed E-state index contributed by atoms with van der Waals surface area (Å²) in [5.41, 5.74) is 11.8. The minimum atomic E-state index is -0.872. The molecule has 0 unspecified atom stereocenters. The first kappa shape index (κ1) is 10.8. The van der Waals surface area contributed by atoms with Crippen LogP contribution in [-0.4, -0.2) is 16.3 Å². The molecular weight excluding hydrogens is 180 g/mol. The Morgan fingerprint density at radius 1 is 1.43 bits per heavy atom. The number of aromatic hydroxyl groups is 1. The average molecular weight is 196 g/mol. The van der Waals surface area contributed by atoms with E-state index in [1.165, 1.54) is 0 Å². The van der Waals surface area contributed by atoms with Crippen LogP contribution in [0.1, 0.15) is 25.0 Å². The van der Waals surface area contributed by atoms with Crippen molar-refractivity contribution < 1.29 is 10.2 Å². The fourth-order valence-corrected chi connectivity index (χ4v) is 1.27. The Bertz CT molecular complexity index is 315. The van der Waals surface area contributed by atoms with Gasteiger partial charge in [-0.25, -0.2) is 0 Å². The molecule has 0 fully saturated rings. The molecule has 1 rings (SSSR count). The van der Waals surface area contributed by atoms with Crippen LogP contribution in [0.4, 0.5) is 5.69 Å². The highest BCUT2D eigenvalue weighted by Crippen LogP contribution is 2.31. The monoisotopic (exact) mass is 196 g/mol. The Morgan fingerprint density at radius 2 is 2.07 bits per heavy atom. The third kappa shape index (κ3) is 1.97. The van der Waals surface area contributed by atoms with Crippen LogP contribution in [0.2, 0.25) is 0 Å². The van der Waals surface area contributed by atoms with Crippen molar-refractivity contribution in [1.82, 2.24) is 0 Å². The summed E-state index contributed by atoms with van der Waals surface area (Å²) in [5, 5.41) is 19.3. The first-order valence-corrected chi connectivity index (χ1v) is 4.59. The zero-order chi connectivity index (χ0) is 10.7. The predicted molar refractivity (Wildman–Crippen MR) is 55.7 cm³/mol. The molecule has 1 aromatic rings. The molecule has 0 saturated heterocycles. The molecule has 0 aliphatic carbocycles. The molecule has 4 heteroatoms. The molecule has 1 aromatic carbocycles. The zero-order valence-electron chi connectivity index (χ0n) is 8.14. The number of aliphatic hydroxyl groups excluding tert-OH is 1. The molecule has 6 N–H and O–H groups in total. The van der Waals surface area contributed by atoms with Gasteiger partial charge in [-0.2, -0.15) is 0 Å². The van der Waals surface area contributed by atoms with Crippen molar-refractivity contribution in [2.24, 2.45) is 5.73 Å². The molecule has 0 amide bonds. The van der Waals surface area contributed by atoms with Gasteiger partial charge in [0.25, 0.3) is 0 Å². The maximum absolute atomic E-state index is 9.75. The number of benzene rings is 1. The number of anilines is 1. The van der Waals surface area contributed by atoms with Crippen molar-refractivity contribution in [3.63, 3.8) is 0 Å². The van der Waals surface area contributed by atoms with Gasteiger partial charge in [-0.1, -0.05) is 19.1 Å². The first-order chi connectivity index (χ1) is 6.57. The minimum Gasteiger partial charge on any atom is -0.505 e. The normalized spacial score (nSPS) is 15.1. The van der Waals surface area contributed by atoms with Crippen molar-refractivity contribution in [3.8, 4) is 5.75 Å². The summed E-state index contributed by atoms with van der Waals surface area (Å²) in [6.07, 6.45) is -0.237. The second-order valence-electron chi connectivity index (χ2n) is 3.30. The lowest BCUT2D eigenvalue weighted by molar-refractivity contribution is 0.141. The maximum atomic E-state index is 9.75. The molecule has 0 aromatic heterocycles. The van der Waals surface area contributed by atoms with Crippen LogP contribution < -0.4 is 11.5 Å². The van der Waals surface area contributed by atoms with Crippen LogP contribution in [0.25, 0.3) is 0 Å². The Hall–Kier alpha value is -1.26. The van der Waals surface area contributed by atoms with Gasteiger partial charge in [0.05, 0.1) is 11.8 Å². The molecule has 0 aliphatic rings. The molecule has 2 atom stereocenters. The fraction of sp³-hybridized carbons (Fsp3) is 0.400. The highest BCUT2D eigenvalue weighted by Gasteiger charge is 2.19. The summed E-state index contributed by atoms with van der Waals surface area (Å²) in [6, 6.07) is 4.48. The van der Waals surface area contributed by atoms with Gasteiger partial charge in [-0.15, -0.1) is 0 Å². The third-order valence-corrected chi connectivity index (χ3v) is 2.29. The molecule has 0 spiro atoms. The van der Waals surface area contributed by atoms with Crippen LogP contribution >= 0.6 is 0 Å². The van der Waals surface area contributed by atoms with Crippen molar-refractivity contribution >= 4 is 5.69 Å². The molecule has 14 heavy (non-hydrogen) atoms. The number of hydrogen-bond donors (Lipinski definition) is 4. The topological polar surface area (TPSA) is 92.5 Å². The summed E-state index contributed by atoms with van der Waals surface area (Å²) in [4.78, 5) is 0. The zero-order valence-corrected chi connectivity index (χ0v) is 8.14. The number of nitrogen functional groups attached to an aromatic ring is 1. The molecular formula is C10H16N2O2. The van der Waals surface area contributed by atoms with Crippen molar-refractivity contribution in [2.75, 3.05) is 5.73 Å². The largest absolute Gasteiger partial charge is 0.505 e. The van der Waals surface area contributed by atoms with E-state index in [-0.39, 0.29) is 17.5 Å². The van der Waals surface area contributed by atoms with Crippen molar-refractivity contribution in [2.45, 2.75) is 25.5 Å². The van der Waals surface area contributed by atoms with E-state index in [4.69, 9.17) is 11.5 Å². The molecule has 0 bridgehead atoms. The number of hydrogen-bond acceptors (Lipinski definition) is 4. The van der Waals surface area contributed by atoms with Crippen LogP contribution in [0, 0.1) is 0 Å². The fourth-order valence-electron chi connectivity index (χ4n) is 1.27. The Balaban J connectivity index is 3.01. The van der Waals surface area contributed by atoms with E-state index in [1.807, 2.05) is 6.92 Å². The van der Waals surface area contributed by atoms with Gasteiger partial charge in [0.15, 0.2) is 0 Å². The summed E-state index contributed by atoms with van der Waals surface area (Å²) in [7, 11) is 0. The molecule has 0 aliphatic heterocycles. The summed E-state index contributed by atoms with van der Waals surface area (Å²) < 4.78 is 0. The van der Waals surface area contributed by atoms with E-state index in [0.29, 0.717) is 12.0 Å². The van der Waals surface area contributed by atoms with Gasteiger partial charge < -0.3 is 21.7 Å². The van der Waals surface area contributed by atoms with E-state index >= 15 is 0 Å². The van der Waals surface area contributed by atoms with Crippen LogP contribution in [0.5, 0.6) is 5.75 Å². The van der Waals surface area contributed by atoms with Gasteiger partial charge in [0.2, 0.25) is 0 Å². The van der Waals surface area contributed by atoms with Gasteiger partial charge in [-0.3, -0.25) is 0 Å². The SMILES string of the molecule is CC[C@@H](N)[C@@H](O)c1cccc(N)c1O. The maximum Gasteiger partial charge on any atom is 0.144 e. The minimum absolute atomic E-state index is 0.0797. The summed E-state index contributed by atoms with van der Waals surface area (Å²) in [6.45, 7) is 1.87. The molecule has 78 valence electrons. The molecule has 0 radical (unpaired) electrons. The predicted octanol–water partition coefficient (Wildman–Crippen LogP) is 0.745. The highest BCUT2D eigenvalue weighted by atomic mass is 16.3. The number of nitrogens with two attached hydrogens (primary N) is 2. The number of phenolic OH excluding ortho intramolecular Hbond substituents is 1. The first-order valence-electron chi connectivity index (χ1n) is 4.59. The van der Waals surface area contributed by atoms with Gasteiger partial charge in [0, 0.05) is 11.6 Å². The second-order valence-corrected chi connectivity index (χ2v) is 3.30. The number of para-hydroxylation sites is 1. The average Bonchev–Trinajstić information content (AvgIpc) is 2.20. The number of rotatable bonds is 3. The molecule has 0 saturated carbocycles. The molecule has 0 heterocycles. The lowest BCUT2D eigenvalue weighted by Crippen LogP contribution is -2.27. The van der Waals surface area contributed by atoms with E-state index < -0.39 is 6.10 Å². The summed E-state index contributed by atoms with van der Waals surface area (Å²) >= 11 is 0. The van der Waals surface area contributed by atoms with Crippen molar-refractivity contribution in [3.05, 3.63) is 23.8 Å². The van der Waals surface area contributed by atoms with Gasteiger partial charge >= 0.3 is 0 Å². The number of aliphatic hydroxyl groups is 1. The van der Waals surface area contributed by atoms with E-state index in [2.05, 4.69) is 0 Å². The standard InChI is InChI=1S/C10H16N2O2/c1-2-7(11)9(13)6-4-3-5-8(12)10(6)14/h3-5,7,9,13-14H,2,11-12H2,1H3/t7-,9+/m1/s1. The Labute approximate surface area is 83.2 Å². The van der Waals surface area contributed by atoms with Gasteiger partial charge in [-0.05, 0) is 12.5 Å². The lowest BCUT2D eigenvalue weighted by atomic mass is 9.99. The highest BCUT2D eigenvalue weighted by molar-refractivity contribution is 5.56. The summed E-state index contributed by atoms with van der Waals surface area (Å²) in [5.74, 6) is -0.0797. The smallest absolute Gasteiger partial charge is 0.144 e. The van der Waals surface area contributed by atoms with Crippen LogP contribution in [0.15, 0.2) is 18.2 Å². The van der Waals surface area contributed by atoms with Crippen molar-refractivity contribution in [1.29, 1.82) is 0 Å². The lowest BCUT2D eigenvalue weighted by Gasteiger charge is -2.18. The van der Waals surface area contributed by atoms with Crippen LogP contribution in [-0.2, 0) is 0 Å². The van der Waals surface area contributed by atoms with E-state index in [0.717, 1.165) is 0 Å². The quantitative estimate of drug-likeness (QED) is 0.424. The van der Waals surface area contributed by atoms with E-state index in [1.54, 1.807) is 18.2 Å². The number of phenols is 1. The molecule has 4 nitrogen and oxygen atoms in total. The second kappa shape index (κ2) is 4.30. The third-order valence-electron chi connectivity index (χ3n) is 2.29. The van der Waals surface area contributed by atoms with Crippen LogP contribution in [0.3, 0.4) is 0 Å². The van der Waals surface area contributed by atoms with E-state index in [9.17, 15) is 10.2 Å².